The number of ether oxygens (including phenoxy) is 2. The van der Waals surface area contributed by atoms with E-state index in [1.165, 1.54) is 31.5 Å². The van der Waals surface area contributed by atoms with E-state index in [9.17, 15) is 9.18 Å². The second-order valence-electron chi connectivity index (χ2n) is 3.75. The summed E-state index contributed by atoms with van der Waals surface area (Å²) in [6.07, 6.45) is 1.43. The van der Waals surface area contributed by atoms with Crippen molar-refractivity contribution in [2.45, 2.75) is 6.61 Å². The maximum Gasteiger partial charge on any atom is 0.338 e. The van der Waals surface area contributed by atoms with Crippen molar-refractivity contribution in [2.24, 2.45) is 0 Å². The van der Waals surface area contributed by atoms with Crippen LogP contribution in [0.4, 0.5) is 4.39 Å². The molecule has 98 valence electrons. The predicted molar refractivity (Wildman–Crippen MR) is 66.3 cm³/mol. The van der Waals surface area contributed by atoms with Crippen LogP contribution in [0.1, 0.15) is 15.9 Å². The molecule has 0 aliphatic rings. The zero-order valence-electron chi connectivity index (χ0n) is 10.3. The summed E-state index contributed by atoms with van der Waals surface area (Å²) in [6, 6.07) is 9.28. The van der Waals surface area contributed by atoms with Gasteiger partial charge in [0.05, 0.1) is 12.7 Å². The molecule has 0 spiro atoms. The lowest BCUT2D eigenvalue weighted by molar-refractivity contribution is 0.0600. The fourth-order valence-electron chi connectivity index (χ4n) is 1.50. The Morgan fingerprint density at radius 2 is 2.11 bits per heavy atom. The molecule has 0 aliphatic heterocycles. The lowest BCUT2D eigenvalue weighted by atomic mass is 10.2. The van der Waals surface area contributed by atoms with Gasteiger partial charge in [0, 0.05) is 17.8 Å². The molecule has 1 aromatic carbocycles. The summed E-state index contributed by atoms with van der Waals surface area (Å²) in [7, 11) is 1.29. The van der Waals surface area contributed by atoms with Gasteiger partial charge in [-0.2, -0.15) is 0 Å². The highest BCUT2D eigenvalue weighted by atomic mass is 19.1. The minimum absolute atomic E-state index is 0.0459. The SMILES string of the molecule is COC(=O)c1ccnc(OCc2ccccc2F)c1. The maximum atomic E-state index is 13.4. The van der Waals surface area contributed by atoms with Gasteiger partial charge in [-0.25, -0.2) is 14.2 Å². The number of halogens is 1. The normalized spacial score (nSPS) is 10.0. The van der Waals surface area contributed by atoms with Crippen LogP contribution < -0.4 is 4.74 Å². The molecule has 0 bridgehead atoms. The summed E-state index contributed by atoms with van der Waals surface area (Å²) in [5.74, 6) is -0.573. The fourth-order valence-corrected chi connectivity index (χ4v) is 1.50. The summed E-state index contributed by atoms with van der Waals surface area (Å²) in [5, 5.41) is 0. The van der Waals surface area contributed by atoms with Crippen LogP contribution in [0.3, 0.4) is 0 Å². The van der Waals surface area contributed by atoms with Crippen LogP contribution in [-0.2, 0) is 11.3 Å². The molecule has 1 heterocycles. The number of nitrogens with zero attached hydrogens (tertiary/aromatic N) is 1. The molecule has 19 heavy (non-hydrogen) atoms. The smallest absolute Gasteiger partial charge is 0.338 e. The van der Waals surface area contributed by atoms with Gasteiger partial charge < -0.3 is 9.47 Å². The van der Waals surface area contributed by atoms with E-state index >= 15 is 0 Å². The number of hydrogen-bond donors (Lipinski definition) is 0. The van der Waals surface area contributed by atoms with Crippen molar-refractivity contribution in [1.29, 1.82) is 0 Å². The number of hydrogen-bond acceptors (Lipinski definition) is 4. The number of carbonyl (C=O) groups excluding carboxylic acids is 1. The third-order valence-electron chi connectivity index (χ3n) is 2.49. The number of aromatic nitrogens is 1. The molecule has 2 aromatic rings. The molecule has 0 N–H and O–H groups in total. The average Bonchev–Trinajstić information content (AvgIpc) is 2.46. The highest BCUT2D eigenvalue weighted by molar-refractivity contribution is 5.89. The van der Waals surface area contributed by atoms with Crippen molar-refractivity contribution in [3.8, 4) is 5.88 Å². The molecular formula is C14H12FNO3. The van der Waals surface area contributed by atoms with E-state index in [0.717, 1.165) is 0 Å². The van der Waals surface area contributed by atoms with Crippen molar-refractivity contribution < 1.29 is 18.7 Å². The quantitative estimate of drug-likeness (QED) is 0.794. The standard InChI is InChI=1S/C14H12FNO3/c1-18-14(17)10-6-7-16-13(8-10)19-9-11-4-2-3-5-12(11)15/h2-8H,9H2,1H3. The third kappa shape index (κ3) is 3.28. The Morgan fingerprint density at radius 1 is 1.32 bits per heavy atom. The van der Waals surface area contributed by atoms with Gasteiger partial charge in [-0.05, 0) is 12.1 Å². The zero-order chi connectivity index (χ0) is 13.7. The van der Waals surface area contributed by atoms with E-state index in [1.54, 1.807) is 18.2 Å². The van der Waals surface area contributed by atoms with Crippen molar-refractivity contribution in [3.63, 3.8) is 0 Å². The van der Waals surface area contributed by atoms with E-state index < -0.39 is 5.97 Å². The summed E-state index contributed by atoms with van der Waals surface area (Å²) >= 11 is 0. The topological polar surface area (TPSA) is 48.4 Å². The zero-order valence-corrected chi connectivity index (χ0v) is 10.3. The largest absolute Gasteiger partial charge is 0.473 e. The molecule has 5 heteroatoms. The Kier molecular flexibility index (Phi) is 4.07. The first kappa shape index (κ1) is 13.0. The second-order valence-corrected chi connectivity index (χ2v) is 3.75. The van der Waals surface area contributed by atoms with Crippen LogP contribution in [-0.4, -0.2) is 18.1 Å². The first-order valence-corrected chi connectivity index (χ1v) is 5.61. The lowest BCUT2D eigenvalue weighted by Crippen LogP contribution is -2.04. The van der Waals surface area contributed by atoms with Gasteiger partial charge in [-0.15, -0.1) is 0 Å². The number of esters is 1. The Balaban J connectivity index is 2.08. The van der Waals surface area contributed by atoms with Crippen molar-refractivity contribution in [1.82, 2.24) is 4.98 Å². The maximum absolute atomic E-state index is 13.4. The van der Waals surface area contributed by atoms with E-state index in [0.29, 0.717) is 11.1 Å². The summed E-state index contributed by atoms with van der Waals surface area (Å²) < 4.78 is 23.3. The molecular weight excluding hydrogens is 249 g/mol. The second kappa shape index (κ2) is 5.95. The van der Waals surface area contributed by atoms with Crippen molar-refractivity contribution >= 4 is 5.97 Å². The van der Waals surface area contributed by atoms with Gasteiger partial charge in [-0.1, -0.05) is 18.2 Å². The number of pyridine rings is 1. The Morgan fingerprint density at radius 3 is 2.84 bits per heavy atom. The van der Waals surface area contributed by atoms with Crippen LogP contribution in [0, 0.1) is 5.82 Å². The molecule has 0 saturated heterocycles. The Bertz CT molecular complexity index is 586. The molecule has 4 nitrogen and oxygen atoms in total. The van der Waals surface area contributed by atoms with Gasteiger partial charge in [0.2, 0.25) is 5.88 Å². The first-order valence-electron chi connectivity index (χ1n) is 5.61. The molecule has 2 rings (SSSR count). The number of benzene rings is 1. The third-order valence-corrected chi connectivity index (χ3v) is 2.49. The minimum atomic E-state index is -0.474. The van der Waals surface area contributed by atoms with E-state index in [-0.39, 0.29) is 18.3 Å². The molecule has 0 amide bonds. The van der Waals surface area contributed by atoms with Crippen LogP contribution in [0.15, 0.2) is 42.6 Å². The van der Waals surface area contributed by atoms with E-state index in [4.69, 9.17) is 4.74 Å². The average molecular weight is 261 g/mol. The van der Waals surface area contributed by atoms with Crippen LogP contribution in [0.25, 0.3) is 0 Å². The molecule has 0 fully saturated rings. The van der Waals surface area contributed by atoms with Crippen molar-refractivity contribution in [3.05, 3.63) is 59.5 Å². The molecule has 0 atom stereocenters. The summed E-state index contributed by atoms with van der Waals surface area (Å²) in [6.45, 7) is 0.0459. The summed E-state index contributed by atoms with van der Waals surface area (Å²) in [4.78, 5) is 15.3. The van der Waals surface area contributed by atoms with Crippen LogP contribution >= 0.6 is 0 Å². The molecule has 0 saturated carbocycles. The van der Waals surface area contributed by atoms with Gasteiger partial charge in [0.1, 0.15) is 12.4 Å². The van der Waals surface area contributed by atoms with Crippen LogP contribution in [0.5, 0.6) is 5.88 Å². The first-order chi connectivity index (χ1) is 9.20. The van der Waals surface area contributed by atoms with Gasteiger partial charge >= 0.3 is 5.97 Å². The highest BCUT2D eigenvalue weighted by Gasteiger charge is 2.08. The molecule has 0 radical (unpaired) electrons. The van der Waals surface area contributed by atoms with E-state index in [1.807, 2.05) is 0 Å². The van der Waals surface area contributed by atoms with Crippen LogP contribution in [0.2, 0.25) is 0 Å². The van der Waals surface area contributed by atoms with Gasteiger partial charge in [-0.3, -0.25) is 0 Å². The highest BCUT2D eigenvalue weighted by Crippen LogP contribution is 2.14. The number of methoxy groups -OCH3 is 1. The Labute approximate surface area is 109 Å². The molecule has 0 unspecified atom stereocenters. The van der Waals surface area contributed by atoms with Crippen molar-refractivity contribution in [2.75, 3.05) is 7.11 Å². The number of carbonyl (C=O) groups is 1. The van der Waals surface area contributed by atoms with Gasteiger partial charge in [0.25, 0.3) is 0 Å². The summed E-state index contributed by atoms with van der Waals surface area (Å²) in [5.41, 5.74) is 0.758. The number of rotatable bonds is 4. The van der Waals surface area contributed by atoms with Gasteiger partial charge in [0.15, 0.2) is 0 Å². The fraction of sp³-hybridized carbons (Fsp3) is 0.143. The van der Waals surface area contributed by atoms with E-state index in [2.05, 4.69) is 9.72 Å². The Hall–Kier alpha value is -2.43. The molecule has 0 aliphatic carbocycles. The monoisotopic (exact) mass is 261 g/mol. The minimum Gasteiger partial charge on any atom is -0.473 e. The lowest BCUT2D eigenvalue weighted by Gasteiger charge is -2.07. The molecule has 1 aromatic heterocycles. The predicted octanol–water partition coefficient (Wildman–Crippen LogP) is 2.59.